The number of carbonyl (C=O) groups is 2. The molecule has 2 fully saturated rings. The summed E-state index contributed by atoms with van der Waals surface area (Å²) in [6.45, 7) is 4.34. The summed E-state index contributed by atoms with van der Waals surface area (Å²) in [5.41, 5.74) is -0.0507. The second-order valence-electron chi connectivity index (χ2n) is 6.70. The predicted octanol–water partition coefficient (Wildman–Crippen LogP) is 0.632. The molecule has 2 aliphatic rings. The monoisotopic (exact) mass is 351 g/mol. The number of carbonyl (C=O) groups excluding carboxylic acids is 1. The molecule has 2 aliphatic heterocycles. The molecule has 2 saturated heterocycles. The lowest BCUT2D eigenvalue weighted by atomic mass is 9.98. The number of rotatable bonds is 6. The second-order valence-corrected chi connectivity index (χ2v) is 6.70. The number of likely N-dealkylation sites (tertiary alicyclic amines) is 1. The summed E-state index contributed by atoms with van der Waals surface area (Å²) in [6.07, 6.45) is 6.08. The molecule has 9 heteroatoms. The van der Waals surface area contributed by atoms with Crippen LogP contribution in [0.2, 0.25) is 0 Å². The molecule has 0 spiro atoms. The molecule has 9 nitrogen and oxygen atoms in total. The van der Waals surface area contributed by atoms with Gasteiger partial charge >= 0.3 is 5.97 Å². The zero-order chi connectivity index (χ0) is 17.6. The summed E-state index contributed by atoms with van der Waals surface area (Å²) >= 11 is 0. The van der Waals surface area contributed by atoms with Crippen LogP contribution in [0.15, 0.2) is 6.20 Å². The number of hydrogen-bond donors (Lipinski definition) is 1. The number of piperidine rings is 1. The van der Waals surface area contributed by atoms with Crippen LogP contribution in [0.25, 0.3) is 0 Å². The van der Waals surface area contributed by atoms with Crippen molar-refractivity contribution in [3.05, 3.63) is 11.9 Å². The van der Waals surface area contributed by atoms with Gasteiger partial charge in [0.25, 0.3) is 0 Å². The molecule has 1 aromatic heterocycles. The highest BCUT2D eigenvalue weighted by atomic mass is 16.7. The number of amides is 1. The van der Waals surface area contributed by atoms with Crippen molar-refractivity contribution >= 4 is 11.9 Å². The number of hydroxylamine groups is 2. The van der Waals surface area contributed by atoms with Crippen molar-refractivity contribution < 1.29 is 19.5 Å². The summed E-state index contributed by atoms with van der Waals surface area (Å²) in [5, 5.41) is 18.3. The molecular weight excluding hydrogens is 326 g/mol. The number of hydrogen-bond acceptors (Lipinski definition) is 6. The fourth-order valence-corrected chi connectivity index (χ4v) is 3.39. The third-order valence-electron chi connectivity index (χ3n) is 4.73. The molecule has 1 amide bonds. The third kappa shape index (κ3) is 4.99. The van der Waals surface area contributed by atoms with Crippen LogP contribution in [-0.2, 0) is 16.2 Å². The molecule has 1 aromatic rings. The van der Waals surface area contributed by atoms with Gasteiger partial charge in [-0.25, -0.2) is 4.79 Å². The van der Waals surface area contributed by atoms with Crippen molar-refractivity contribution in [3.63, 3.8) is 0 Å². The lowest BCUT2D eigenvalue weighted by molar-refractivity contribution is -0.182. The maximum absolute atomic E-state index is 12.5. The van der Waals surface area contributed by atoms with E-state index in [1.807, 2.05) is 9.96 Å². The molecule has 138 valence electrons. The Labute approximate surface area is 146 Å². The van der Waals surface area contributed by atoms with E-state index in [1.165, 1.54) is 6.20 Å². The average molecular weight is 351 g/mol. The van der Waals surface area contributed by atoms with Gasteiger partial charge in [0.15, 0.2) is 5.69 Å². The van der Waals surface area contributed by atoms with Gasteiger partial charge in [0.05, 0.1) is 12.8 Å². The average Bonchev–Trinajstić information content (AvgIpc) is 3.09. The highest BCUT2D eigenvalue weighted by Gasteiger charge is 2.25. The Morgan fingerprint density at radius 1 is 1.28 bits per heavy atom. The Balaban J connectivity index is 1.46. The topological polar surface area (TPSA) is 101 Å². The van der Waals surface area contributed by atoms with Crippen LogP contribution in [-0.4, -0.2) is 74.7 Å². The van der Waals surface area contributed by atoms with Crippen LogP contribution >= 0.6 is 0 Å². The molecule has 0 saturated carbocycles. The second kappa shape index (κ2) is 8.39. The van der Waals surface area contributed by atoms with Crippen LogP contribution < -0.4 is 0 Å². The van der Waals surface area contributed by atoms with Gasteiger partial charge in [-0.05, 0) is 31.6 Å². The minimum atomic E-state index is -1.08. The van der Waals surface area contributed by atoms with Crippen molar-refractivity contribution in [2.24, 2.45) is 5.92 Å². The van der Waals surface area contributed by atoms with Crippen molar-refractivity contribution in [3.8, 4) is 0 Å². The van der Waals surface area contributed by atoms with Crippen LogP contribution in [0.4, 0.5) is 0 Å². The van der Waals surface area contributed by atoms with Gasteiger partial charge in [0.1, 0.15) is 0 Å². The van der Waals surface area contributed by atoms with E-state index in [0.717, 1.165) is 45.4 Å². The lowest BCUT2D eigenvalue weighted by Crippen LogP contribution is -2.42. The fraction of sp³-hybridized carbons (Fsp3) is 0.750. The first-order valence-corrected chi connectivity index (χ1v) is 8.91. The standard InChI is InChI=1S/C16H25N5O4/c22-15(5-8-21-7-1-2-9-25-21)19-6-3-4-13(10-19)11-20-12-14(16(23)24)17-18-20/h12-13H,1-11H2,(H,23,24)/t13-/m1/s1. The number of carboxylic acid groups (broad SMARTS) is 1. The molecule has 0 radical (unpaired) electrons. The zero-order valence-corrected chi connectivity index (χ0v) is 14.3. The van der Waals surface area contributed by atoms with Gasteiger partial charge in [0.2, 0.25) is 5.91 Å². The minimum absolute atomic E-state index is 0.0507. The number of carboxylic acids is 1. The minimum Gasteiger partial charge on any atom is -0.476 e. The maximum atomic E-state index is 12.5. The van der Waals surface area contributed by atoms with Gasteiger partial charge in [0, 0.05) is 39.1 Å². The van der Waals surface area contributed by atoms with Crippen molar-refractivity contribution in [2.75, 3.05) is 32.8 Å². The third-order valence-corrected chi connectivity index (χ3v) is 4.73. The Morgan fingerprint density at radius 3 is 2.88 bits per heavy atom. The maximum Gasteiger partial charge on any atom is 0.358 e. The highest BCUT2D eigenvalue weighted by molar-refractivity contribution is 5.84. The molecule has 0 unspecified atom stereocenters. The van der Waals surface area contributed by atoms with Gasteiger partial charge in [-0.3, -0.25) is 14.3 Å². The molecule has 0 bridgehead atoms. The SMILES string of the molecule is O=C(O)c1cn(C[C@@H]2CCCN(C(=O)CCN3CCCCO3)C2)nn1. The van der Waals surface area contributed by atoms with Crippen molar-refractivity contribution in [2.45, 2.75) is 38.6 Å². The Hall–Kier alpha value is -2.00. The smallest absolute Gasteiger partial charge is 0.358 e. The van der Waals surface area contributed by atoms with Gasteiger partial charge < -0.3 is 10.0 Å². The van der Waals surface area contributed by atoms with E-state index in [4.69, 9.17) is 9.94 Å². The summed E-state index contributed by atoms with van der Waals surface area (Å²) in [4.78, 5) is 30.8. The van der Waals surface area contributed by atoms with E-state index in [-0.39, 0.29) is 17.5 Å². The molecule has 0 aliphatic carbocycles. The number of aromatic carboxylic acids is 1. The molecular formula is C16H25N5O4. The summed E-state index contributed by atoms with van der Waals surface area (Å²) < 4.78 is 1.56. The first-order chi connectivity index (χ1) is 12.1. The predicted molar refractivity (Wildman–Crippen MR) is 87.7 cm³/mol. The van der Waals surface area contributed by atoms with E-state index in [0.29, 0.717) is 26.1 Å². The fourth-order valence-electron chi connectivity index (χ4n) is 3.39. The summed E-state index contributed by atoms with van der Waals surface area (Å²) in [5.74, 6) is -0.650. The zero-order valence-electron chi connectivity index (χ0n) is 14.3. The van der Waals surface area contributed by atoms with Gasteiger partial charge in [-0.2, -0.15) is 5.06 Å². The molecule has 3 heterocycles. The Morgan fingerprint density at radius 2 is 2.16 bits per heavy atom. The van der Waals surface area contributed by atoms with E-state index < -0.39 is 5.97 Å². The van der Waals surface area contributed by atoms with Crippen LogP contribution in [0, 0.1) is 5.92 Å². The van der Waals surface area contributed by atoms with E-state index >= 15 is 0 Å². The first kappa shape index (κ1) is 17.8. The lowest BCUT2D eigenvalue weighted by Gasteiger charge is -2.33. The number of aromatic nitrogens is 3. The molecule has 1 atom stereocenters. The molecule has 3 rings (SSSR count). The van der Waals surface area contributed by atoms with Gasteiger partial charge in [-0.15, -0.1) is 5.10 Å². The number of nitrogens with zero attached hydrogens (tertiary/aromatic N) is 5. The molecule has 25 heavy (non-hydrogen) atoms. The molecule has 0 aromatic carbocycles. The molecule has 1 N–H and O–H groups in total. The summed E-state index contributed by atoms with van der Waals surface area (Å²) in [6, 6.07) is 0. The quantitative estimate of drug-likeness (QED) is 0.802. The van der Waals surface area contributed by atoms with Crippen molar-refractivity contribution in [1.29, 1.82) is 0 Å². The van der Waals surface area contributed by atoms with E-state index in [2.05, 4.69) is 10.3 Å². The largest absolute Gasteiger partial charge is 0.476 e. The highest BCUT2D eigenvalue weighted by Crippen LogP contribution is 2.19. The first-order valence-electron chi connectivity index (χ1n) is 8.91. The van der Waals surface area contributed by atoms with E-state index in [1.54, 1.807) is 4.68 Å². The van der Waals surface area contributed by atoms with E-state index in [9.17, 15) is 9.59 Å². The Bertz CT molecular complexity index is 599. The van der Waals surface area contributed by atoms with Crippen LogP contribution in [0.5, 0.6) is 0 Å². The Kier molecular flexibility index (Phi) is 5.98. The van der Waals surface area contributed by atoms with Crippen LogP contribution in [0.1, 0.15) is 42.6 Å². The normalized spacial score (nSPS) is 22.1. The van der Waals surface area contributed by atoms with Crippen LogP contribution in [0.3, 0.4) is 0 Å². The summed E-state index contributed by atoms with van der Waals surface area (Å²) in [7, 11) is 0. The van der Waals surface area contributed by atoms with Crippen molar-refractivity contribution in [1.82, 2.24) is 25.0 Å². The van der Waals surface area contributed by atoms with Gasteiger partial charge in [-0.1, -0.05) is 5.21 Å².